The van der Waals surface area contributed by atoms with Gasteiger partial charge in [-0.15, -0.1) is 0 Å². The van der Waals surface area contributed by atoms with E-state index >= 15 is 0 Å². The SMILES string of the molecule is COCC(C)(C)COCC(C)(C)N. The Morgan fingerprint density at radius 3 is 1.92 bits per heavy atom. The molecule has 0 heterocycles. The summed E-state index contributed by atoms with van der Waals surface area (Å²) in [6.45, 7) is 10.1. The van der Waals surface area contributed by atoms with Crippen molar-refractivity contribution in [3.8, 4) is 0 Å². The first-order valence-corrected chi connectivity index (χ1v) is 4.62. The van der Waals surface area contributed by atoms with Gasteiger partial charge in [0.2, 0.25) is 0 Å². The first-order chi connectivity index (χ1) is 5.77. The van der Waals surface area contributed by atoms with Crippen molar-refractivity contribution in [2.75, 3.05) is 26.9 Å². The van der Waals surface area contributed by atoms with Crippen LogP contribution >= 0.6 is 0 Å². The van der Waals surface area contributed by atoms with Crippen LogP contribution in [0.2, 0.25) is 0 Å². The van der Waals surface area contributed by atoms with Crippen molar-refractivity contribution < 1.29 is 9.47 Å². The van der Waals surface area contributed by atoms with Crippen molar-refractivity contribution in [3.05, 3.63) is 0 Å². The average molecular weight is 189 g/mol. The molecule has 0 aliphatic carbocycles. The number of nitrogens with two attached hydrogens (primary N) is 1. The van der Waals surface area contributed by atoms with E-state index in [2.05, 4.69) is 13.8 Å². The van der Waals surface area contributed by atoms with Gasteiger partial charge in [0.05, 0.1) is 19.8 Å². The Hall–Kier alpha value is -0.120. The van der Waals surface area contributed by atoms with Gasteiger partial charge in [-0.05, 0) is 13.8 Å². The second-order valence-corrected chi connectivity index (χ2v) is 5.08. The number of methoxy groups -OCH3 is 1. The molecule has 0 bridgehead atoms. The van der Waals surface area contributed by atoms with Gasteiger partial charge in [-0.2, -0.15) is 0 Å². The fourth-order valence-electron chi connectivity index (χ4n) is 1.02. The number of hydrogen-bond donors (Lipinski definition) is 1. The van der Waals surface area contributed by atoms with Gasteiger partial charge in [0.15, 0.2) is 0 Å². The molecule has 0 atom stereocenters. The Morgan fingerprint density at radius 2 is 1.54 bits per heavy atom. The van der Waals surface area contributed by atoms with E-state index in [9.17, 15) is 0 Å². The molecule has 0 saturated carbocycles. The van der Waals surface area contributed by atoms with E-state index in [0.717, 1.165) is 0 Å². The van der Waals surface area contributed by atoms with Crippen molar-refractivity contribution in [2.24, 2.45) is 11.1 Å². The van der Waals surface area contributed by atoms with Crippen LogP contribution in [0.25, 0.3) is 0 Å². The molecule has 0 radical (unpaired) electrons. The number of hydrogen-bond acceptors (Lipinski definition) is 3. The van der Waals surface area contributed by atoms with Crippen LogP contribution in [0.5, 0.6) is 0 Å². The van der Waals surface area contributed by atoms with Crippen molar-refractivity contribution >= 4 is 0 Å². The van der Waals surface area contributed by atoms with Gasteiger partial charge >= 0.3 is 0 Å². The summed E-state index contributed by atoms with van der Waals surface area (Å²) < 4.78 is 10.6. The zero-order valence-electron chi connectivity index (χ0n) is 9.52. The smallest absolute Gasteiger partial charge is 0.0641 e. The van der Waals surface area contributed by atoms with Crippen LogP contribution in [0.3, 0.4) is 0 Å². The van der Waals surface area contributed by atoms with Gasteiger partial charge < -0.3 is 15.2 Å². The summed E-state index contributed by atoms with van der Waals surface area (Å²) in [5.41, 5.74) is 5.61. The number of ether oxygens (including phenoxy) is 2. The van der Waals surface area contributed by atoms with E-state index < -0.39 is 0 Å². The molecule has 0 spiro atoms. The summed E-state index contributed by atoms with van der Waals surface area (Å²) in [4.78, 5) is 0. The maximum atomic E-state index is 5.78. The maximum absolute atomic E-state index is 5.78. The molecule has 3 heteroatoms. The largest absolute Gasteiger partial charge is 0.384 e. The zero-order valence-corrected chi connectivity index (χ0v) is 9.52. The molecule has 2 N–H and O–H groups in total. The minimum atomic E-state index is -0.247. The highest BCUT2D eigenvalue weighted by atomic mass is 16.5. The second kappa shape index (κ2) is 4.94. The van der Waals surface area contributed by atoms with E-state index in [1.54, 1.807) is 7.11 Å². The fourth-order valence-corrected chi connectivity index (χ4v) is 1.02. The molecule has 0 unspecified atom stereocenters. The van der Waals surface area contributed by atoms with Crippen LogP contribution in [0.4, 0.5) is 0 Å². The Bertz CT molecular complexity index is 138. The molecular formula is C10H23NO2. The lowest BCUT2D eigenvalue weighted by molar-refractivity contribution is -0.000113. The van der Waals surface area contributed by atoms with Crippen LogP contribution < -0.4 is 5.73 Å². The standard InChI is InChI=1S/C10H23NO2/c1-9(2,6-12-5)7-13-8-10(3,4)11/h6-8,11H2,1-5H3. The van der Waals surface area contributed by atoms with Crippen molar-refractivity contribution in [2.45, 2.75) is 33.2 Å². The second-order valence-electron chi connectivity index (χ2n) is 5.08. The minimum Gasteiger partial charge on any atom is -0.384 e. The summed E-state index contributed by atoms with van der Waals surface area (Å²) in [6.07, 6.45) is 0. The number of rotatable bonds is 6. The Kier molecular flexibility index (Phi) is 4.89. The quantitative estimate of drug-likeness (QED) is 0.687. The Labute approximate surface area is 81.6 Å². The van der Waals surface area contributed by atoms with E-state index in [1.807, 2.05) is 13.8 Å². The molecule has 0 aliphatic rings. The third-order valence-electron chi connectivity index (χ3n) is 1.50. The van der Waals surface area contributed by atoms with E-state index in [4.69, 9.17) is 15.2 Å². The van der Waals surface area contributed by atoms with Gasteiger partial charge in [0, 0.05) is 18.1 Å². The van der Waals surface area contributed by atoms with Crippen LogP contribution in [-0.4, -0.2) is 32.5 Å². The highest BCUT2D eigenvalue weighted by Gasteiger charge is 2.19. The first-order valence-electron chi connectivity index (χ1n) is 4.62. The third kappa shape index (κ3) is 8.22. The Balaban J connectivity index is 3.63. The highest BCUT2D eigenvalue weighted by molar-refractivity contribution is 4.72. The lowest BCUT2D eigenvalue weighted by Gasteiger charge is -2.26. The van der Waals surface area contributed by atoms with Gasteiger partial charge in [0.25, 0.3) is 0 Å². The molecule has 0 amide bonds. The Morgan fingerprint density at radius 1 is 1.00 bits per heavy atom. The normalized spacial score (nSPS) is 13.4. The molecule has 0 saturated heterocycles. The summed E-state index contributed by atoms with van der Waals surface area (Å²) in [6, 6.07) is 0. The van der Waals surface area contributed by atoms with Crippen molar-refractivity contribution in [1.82, 2.24) is 0 Å². The minimum absolute atomic E-state index is 0.0694. The van der Waals surface area contributed by atoms with E-state index in [0.29, 0.717) is 19.8 Å². The summed E-state index contributed by atoms with van der Waals surface area (Å²) in [5.74, 6) is 0. The topological polar surface area (TPSA) is 44.5 Å². The molecule has 0 aliphatic heterocycles. The van der Waals surface area contributed by atoms with Crippen LogP contribution in [0.15, 0.2) is 0 Å². The van der Waals surface area contributed by atoms with Crippen LogP contribution in [-0.2, 0) is 9.47 Å². The van der Waals surface area contributed by atoms with Crippen molar-refractivity contribution in [1.29, 1.82) is 0 Å². The van der Waals surface area contributed by atoms with Gasteiger partial charge in [-0.3, -0.25) is 0 Å². The molecule has 0 aromatic heterocycles. The highest BCUT2D eigenvalue weighted by Crippen LogP contribution is 2.15. The average Bonchev–Trinajstić information content (AvgIpc) is 1.82. The lowest BCUT2D eigenvalue weighted by Crippen LogP contribution is -2.39. The molecule has 0 aromatic carbocycles. The first kappa shape index (κ1) is 12.9. The summed E-state index contributed by atoms with van der Waals surface area (Å²) in [5, 5.41) is 0. The summed E-state index contributed by atoms with van der Waals surface area (Å²) >= 11 is 0. The molecule has 13 heavy (non-hydrogen) atoms. The maximum Gasteiger partial charge on any atom is 0.0641 e. The van der Waals surface area contributed by atoms with Gasteiger partial charge in [0.1, 0.15) is 0 Å². The summed E-state index contributed by atoms with van der Waals surface area (Å²) in [7, 11) is 1.70. The molecule has 3 nitrogen and oxygen atoms in total. The molecular weight excluding hydrogens is 166 g/mol. The van der Waals surface area contributed by atoms with Crippen LogP contribution in [0, 0.1) is 5.41 Å². The predicted octanol–water partition coefficient (Wildman–Crippen LogP) is 1.41. The van der Waals surface area contributed by atoms with Crippen LogP contribution in [0.1, 0.15) is 27.7 Å². The molecule has 80 valence electrons. The predicted molar refractivity (Wildman–Crippen MR) is 54.7 cm³/mol. The van der Waals surface area contributed by atoms with Gasteiger partial charge in [-0.25, -0.2) is 0 Å². The molecule has 0 fully saturated rings. The molecule has 0 rings (SSSR count). The van der Waals surface area contributed by atoms with E-state index in [1.165, 1.54) is 0 Å². The van der Waals surface area contributed by atoms with E-state index in [-0.39, 0.29) is 11.0 Å². The van der Waals surface area contributed by atoms with Crippen molar-refractivity contribution in [3.63, 3.8) is 0 Å². The molecule has 0 aromatic rings. The lowest BCUT2D eigenvalue weighted by atomic mass is 9.96. The monoisotopic (exact) mass is 189 g/mol. The third-order valence-corrected chi connectivity index (χ3v) is 1.50. The fraction of sp³-hybridized carbons (Fsp3) is 1.00. The zero-order chi connectivity index (χ0) is 10.5. The van der Waals surface area contributed by atoms with Gasteiger partial charge in [-0.1, -0.05) is 13.8 Å².